The number of halogens is 1. The van der Waals surface area contributed by atoms with Crippen LogP contribution in [-0.2, 0) is 16.1 Å². The van der Waals surface area contributed by atoms with E-state index in [1.165, 1.54) is 4.57 Å². The highest BCUT2D eigenvalue weighted by Gasteiger charge is 2.16. The van der Waals surface area contributed by atoms with E-state index in [2.05, 4.69) is 27.6 Å². The van der Waals surface area contributed by atoms with Gasteiger partial charge in [-0.1, -0.05) is 30.3 Å². The number of ether oxygens (including phenoxy) is 1. The minimum Gasteiger partial charge on any atom is -0.465 e. The Morgan fingerprint density at radius 1 is 1.21 bits per heavy atom. The summed E-state index contributed by atoms with van der Waals surface area (Å²) in [6.07, 6.45) is 0. The highest BCUT2D eigenvalue weighted by atomic mass is 127. The molecule has 0 aliphatic rings. The van der Waals surface area contributed by atoms with Crippen molar-refractivity contribution in [3.05, 3.63) is 62.5 Å². The van der Waals surface area contributed by atoms with Crippen molar-refractivity contribution in [3.63, 3.8) is 0 Å². The third kappa shape index (κ3) is 3.33. The summed E-state index contributed by atoms with van der Waals surface area (Å²) in [4.78, 5) is 29.5. The van der Waals surface area contributed by atoms with Crippen LogP contribution in [0.1, 0.15) is 6.92 Å². The van der Waals surface area contributed by atoms with Crippen LogP contribution in [-0.4, -0.2) is 22.1 Å². The lowest BCUT2D eigenvalue weighted by Crippen LogP contribution is -2.28. The Bertz CT molecular complexity index is 952. The average molecular weight is 434 g/mol. The second-order valence-corrected chi connectivity index (χ2v) is 6.40. The van der Waals surface area contributed by atoms with Gasteiger partial charge in [0.1, 0.15) is 12.4 Å². The number of carbonyl (C=O) groups is 1. The number of aromatic nitrogens is 2. The van der Waals surface area contributed by atoms with Gasteiger partial charge in [-0.25, -0.2) is 4.98 Å². The Balaban J connectivity index is 2.26. The van der Waals surface area contributed by atoms with Crippen LogP contribution in [0.15, 0.2) is 53.3 Å². The van der Waals surface area contributed by atoms with Crippen molar-refractivity contribution < 1.29 is 9.53 Å². The van der Waals surface area contributed by atoms with E-state index < -0.39 is 5.97 Å². The number of esters is 1. The van der Waals surface area contributed by atoms with E-state index in [1.807, 2.05) is 42.5 Å². The molecule has 1 heterocycles. The Labute approximate surface area is 152 Å². The highest BCUT2D eigenvalue weighted by molar-refractivity contribution is 14.1. The molecule has 0 saturated heterocycles. The molecule has 0 radical (unpaired) electrons. The van der Waals surface area contributed by atoms with Crippen molar-refractivity contribution in [2.24, 2.45) is 0 Å². The van der Waals surface area contributed by atoms with Crippen molar-refractivity contribution in [1.29, 1.82) is 0 Å². The van der Waals surface area contributed by atoms with E-state index in [-0.39, 0.29) is 18.7 Å². The van der Waals surface area contributed by atoms with Crippen LogP contribution < -0.4 is 5.56 Å². The normalized spacial score (nSPS) is 10.8. The third-order valence-electron chi connectivity index (χ3n) is 3.54. The summed E-state index contributed by atoms with van der Waals surface area (Å²) in [5.74, 6) is 0.00548. The van der Waals surface area contributed by atoms with Gasteiger partial charge >= 0.3 is 5.97 Å². The van der Waals surface area contributed by atoms with E-state index in [0.29, 0.717) is 16.7 Å². The summed E-state index contributed by atoms with van der Waals surface area (Å²) in [6.45, 7) is 1.85. The Morgan fingerprint density at radius 2 is 1.96 bits per heavy atom. The van der Waals surface area contributed by atoms with Gasteiger partial charge in [0, 0.05) is 9.13 Å². The van der Waals surface area contributed by atoms with Gasteiger partial charge in [0.25, 0.3) is 5.56 Å². The Kier molecular flexibility index (Phi) is 4.94. The number of nitrogens with zero attached hydrogens (tertiary/aromatic N) is 2. The minimum absolute atomic E-state index is 0.161. The summed E-state index contributed by atoms with van der Waals surface area (Å²) in [5.41, 5.74) is 1.14. The molecule has 0 fully saturated rings. The highest BCUT2D eigenvalue weighted by Crippen LogP contribution is 2.20. The molecular weight excluding hydrogens is 419 g/mol. The van der Waals surface area contributed by atoms with Crippen molar-refractivity contribution >= 4 is 39.5 Å². The van der Waals surface area contributed by atoms with Crippen LogP contribution in [0.3, 0.4) is 0 Å². The van der Waals surface area contributed by atoms with E-state index in [1.54, 1.807) is 13.0 Å². The van der Waals surface area contributed by atoms with Crippen molar-refractivity contribution in [2.45, 2.75) is 13.5 Å². The first-order chi connectivity index (χ1) is 11.6. The van der Waals surface area contributed by atoms with Gasteiger partial charge in [0.05, 0.1) is 17.5 Å². The van der Waals surface area contributed by atoms with Crippen molar-refractivity contribution in [2.75, 3.05) is 6.61 Å². The molecule has 2 aromatic carbocycles. The van der Waals surface area contributed by atoms with Gasteiger partial charge in [-0.3, -0.25) is 14.2 Å². The molecule has 3 aromatic rings. The fourth-order valence-electron chi connectivity index (χ4n) is 2.48. The maximum absolute atomic E-state index is 12.9. The SMILES string of the molecule is CCOC(=O)Cn1c(-c2ccccc2)nc2ccc(I)cc2c1=O. The monoisotopic (exact) mass is 434 g/mol. The van der Waals surface area contributed by atoms with Crippen molar-refractivity contribution in [3.8, 4) is 11.4 Å². The smallest absolute Gasteiger partial charge is 0.326 e. The minimum atomic E-state index is -0.455. The molecule has 0 atom stereocenters. The van der Waals surface area contributed by atoms with E-state index >= 15 is 0 Å². The average Bonchev–Trinajstić information content (AvgIpc) is 2.59. The van der Waals surface area contributed by atoms with Crippen LogP contribution in [0.25, 0.3) is 22.3 Å². The molecule has 0 N–H and O–H groups in total. The molecule has 1 aromatic heterocycles. The summed E-state index contributed by atoms with van der Waals surface area (Å²) in [6, 6.07) is 14.9. The van der Waals surface area contributed by atoms with E-state index in [4.69, 9.17) is 4.74 Å². The molecular formula is C18H15IN2O3. The molecule has 0 spiro atoms. The number of carbonyl (C=O) groups excluding carboxylic acids is 1. The molecule has 0 saturated carbocycles. The first-order valence-electron chi connectivity index (χ1n) is 7.51. The van der Waals surface area contributed by atoms with Gasteiger partial charge in [-0.15, -0.1) is 0 Å². The predicted molar refractivity (Wildman–Crippen MR) is 101 cm³/mol. The lowest BCUT2D eigenvalue weighted by atomic mass is 10.2. The van der Waals surface area contributed by atoms with Gasteiger partial charge < -0.3 is 4.74 Å². The quantitative estimate of drug-likeness (QED) is 0.468. The van der Waals surface area contributed by atoms with Gasteiger partial charge in [0.15, 0.2) is 0 Å². The number of fused-ring (bicyclic) bond motifs is 1. The molecule has 3 rings (SSSR count). The van der Waals surface area contributed by atoms with E-state index in [0.717, 1.165) is 9.13 Å². The van der Waals surface area contributed by atoms with Gasteiger partial charge in [0.2, 0.25) is 0 Å². The summed E-state index contributed by atoms with van der Waals surface area (Å²) in [5, 5.41) is 0.492. The Morgan fingerprint density at radius 3 is 2.67 bits per heavy atom. The summed E-state index contributed by atoms with van der Waals surface area (Å²) in [7, 11) is 0. The molecule has 0 aliphatic carbocycles. The molecule has 0 aliphatic heterocycles. The first kappa shape index (κ1) is 16.6. The third-order valence-corrected chi connectivity index (χ3v) is 4.21. The number of hydrogen-bond donors (Lipinski definition) is 0. The largest absolute Gasteiger partial charge is 0.465 e. The summed E-state index contributed by atoms with van der Waals surface area (Å²) >= 11 is 2.15. The predicted octanol–water partition coefficient (Wildman–Crippen LogP) is 3.23. The lowest BCUT2D eigenvalue weighted by Gasteiger charge is -2.13. The fraction of sp³-hybridized carbons (Fsp3) is 0.167. The fourth-order valence-corrected chi connectivity index (χ4v) is 2.97. The number of rotatable bonds is 4. The second kappa shape index (κ2) is 7.12. The van der Waals surface area contributed by atoms with Crippen LogP contribution in [0.2, 0.25) is 0 Å². The maximum atomic E-state index is 12.9. The van der Waals surface area contributed by atoms with Crippen LogP contribution in [0, 0.1) is 3.57 Å². The van der Waals surface area contributed by atoms with Crippen LogP contribution in [0.4, 0.5) is 0 Å². The molecule has 6 heteroatoms. The number of hydrogen-bond acceptors (Lipinski definition) is 4. The van der Waals surface area contributed by atoms with Gasteiger partial charge in [-0.05, 0) is 47.7 Å². The standard InChI is InChI=1S/C18H15IN2O3/c1-2-24-16(22)11-21-17(12-6-4-3-5-7-12)20-15-9-8-13(19)10-14(15)18(21)23/h3-10H,2,11H2,1H3. The maximum Gasteiger partial charge on any atom is 0.326 e. The lowest BCUT2D eigenvalue weighted by molar-refractivity contribution is -0.143. The van der Waals surface area contributed by atoms with Crippen LogP contribution in [0.5, 0.6) is 0 Å². The first-order valence-corrected chi connectivity index (χ1v) is 8.59. The van der Waals surface area contributed by atoms with Gasteiger partial charge in [-0.2, -0.15) is 0 Å². The second-order valence-electron chi connectivity index (χ2n) is 5.16. The molecule has 0 amide bonds. The summed E-state index contributed by atoms with van der Waals surface area (Å²) < 4.78 is 7.32. The number of benzene rings is 2. The molecule has 122 valence electrons. The zero-order valence-corrected chi connectivity index (χ0v) is 15.2. The topological polar surface area (TPSA) is 61.2 Å². The van der Waals surface area contributed by atoms with Crippen molar-refractivity contribution in [1.82, 2.24) is 9.55 Å². The zero-order chi connectivity index (χ0) is 17.1. The zero-order valence-electron chi connectivity index (χ0n) is 13.0. The van der Waals surface area contributed by atoms with Crippen LogP contribution >= 0.6 is 22.6 Å². The molecule has 24 heavy (non-hydrogen) atoms. The molecule has 5 nitrogen and oxygen atoms in total. The Hall–Kier alpha value is -2.22. The molecule has 0 unspecified atom stereocenters. The molecule has 0 bridgehead atoms. The van der Waals surface area contributed by atoms with E-state index in [9.17, 15) is 9.59 Å².